The third-order valence-corrected chi connectivity index (χ3v) is 4.01. The van der Waals surface area contributed by atoms with Crippen molar-refractivity contribution in [2.45, 2.75) is 6.61 Å². The fourth-order valence-corrected chi connectivity index (χ4v) is 2.86. The zero-order valence-corrected chi connectivity index (χ0v) is 12.9. The van der Waals surface area contributed by atoms with Crippen LogP contribution in [-0.2, 0) is 6.61 Å². The quantitative estimate of drug-likeness (QED) is 0.803. The minimum atomic E-state index is 0.333. The highest BCUT2D eigenvalue weighted by Gasteiger charge is 2.17. The van der Waals surface area contributed by atoms with Crippen LogP contribution in [0.25, 0.3) is 11.1 Å². The van der Waals surface area contributed by atoms with E-state index in [-0.39, 0.29) is 0 Å². The van der Waals surface area contributed by atoms with Gasteiger partial charge in [-0.3, -0.25) is 0 Å². The van der Waals surface area contributed by atoms with Crippen LogP contribution in [0.1, 0.15) is 5.89 Å². The SMILES string of the molecule is c1ccc(OCc2nc3c(N4CCNCC4)cccc3o2)cc1. The highest BCUT2D eigenvalue weighted by atomic mass is 16.5. The summed E-state index contributed by atoms with van der Waals surface area (Å²) < 4.78 is 11.6. The molecular weight excluding hydrogens is 290 g/mol. The van der Waals surface area contributed by atoms with Crippen LogP contribution >= 0.6 is 0 Å². The average molecular weight is 309 g/mol. The molecule has 4 rings (SSSR count). The Labute approximate surface area is 134 Å². The van der Waals surface area contributed by atoms with Crippen molar-refractivity contribution in [3.63, 3.8) is 0 Å². The van der Waals surface area contributed by atoms with Gasteiger partial charge in [0.05, 0.1) is 5.69 Å². The van der Waals surface area contributed by atoms with E-state index < -0.39 is 0 Å². The molecule has 1 fully saturated rings. The minimum absolute atomic E-state index is 0.333. The fraction of sp³-hybridized carbons (Fsp3) is 0.278. The van der Waals surface area contributed by atoms with Gasteiger partial charge in [0.25, 0.3) is 0 Å². The number of nitrogens with one attached hydrogen (secondary N) is 1. The van der Waals surface area contributed by atoms with Crippen LogP contribution < -0.4 is 15.0 Å². The van der Waals surface area contributed by atoms with Gasteiger partial charge in [-0.25, -0.2) is 4.98 Å². The van der Waals surface area contributed by atoms with Gasteiger partial charge in [0.1, 0.15) is 11.3 Å². The van der Waals surface area contributed by atoms with E-state index in [1.165, 1.54) is 0 Å². The summed E-state index contributed by atoms with van der Waals surface area (Å²) >= 11 is 0. The molecule has 0 aliphatic carbocycles. The zero-order chi connectivity index (χ0) is 15.5. The Kier molecular flexibility index (Phi) is 3.86. The van der Waals surface area contributed by atoms with Gasteiger partial charge in [0.2, 0.25) is 5.89 Å². The van der Waals surface area contributed by atoms with Crippen molar-refractivity contribution in [3.05, 3.63) is 54.4 Å². The van der Waals surface area contributed by atoms with Crippen LogP contribution in [0.4, 0.5) is 5.69 Å². The summed E-state index contributed by atoms with van der Waals surface area (Å²) in [7, 11) is 0. The number of benzene rings is 2. The first kappa shape index (κ1) is 14.1. The normalized spacial score (nSPS) is 15.0. The average Bonchev–Trinajstić information content (AvgIpc) is 3.04. The second kappa shape index (κ2) is 6.30. The number of para-hydroxylation sites is 2. The molecule has 5 heteroatoms. The van der Waals surface area contributed by atoms with Crippen molar-refractivity contribution in [1.82, 2.24) is 10.3 Å². The molecule has 23 heavy (non-hydrogen) atoms. The van der Waals surface area contributed by atoms with Crippen LogP contribution in [0.15, 0.2) is 52.9 Å². The molecule has 2 heterocycles. The monoisotopic (exact) mass is 309 g/mol. The Balaban J connectivity index is 1.57. The van der Waals surface area contributed by atoms with Gasteiger partial charge in [0.15, 0.2) is 12.2 Å². The first-order valence-electron chi connectivity index (χ1n) is 7.92. The van der Waals surface area contributed by atoms with Crippen molar-refractivity contribution in [1.29, 1.82) is 0 Å². The molecule has 1 aliphatic heterocycles. The van der Waals surface area contributed by atoms with Gasteiger partial charge in [-0.05, 0) is 24.3 Å². The molecule has 0 spiro atoms. The topological polar surface area (TPSA) is 50.5 Å². The van der Waals surface area contributed by atoms with E-state index in [0.29, 0.717) is 12.5 Å². The number of hydrogen-bond acceptors (Lipinski definition) is 5. The molecule has 1 aliphatic rings. The number of fused-ring (bicyclic) bond motifs is 1. The molecule has 0 unspecified atom stereocenters. The highest BCUT2D eigenvalue weighted by Crippen LogP contribution is 2.27. The molecule has 1 saturated heterocycles. The number of hydrogen-bond donors (Lipinski definition) is 1. The second-order valence-electron chi connectivity index (χ2n) is 5.57. The molecule has 0 radical (unpaired) electrons. The summed E-state index contributed by atoms with van der Waals surface area (Å²) in [6.07, 6.45) is 0. The maximum atomic E-state index is 5.84. The first-order chi connectivity index (χ1) is 11.4. The number of aromatic nitrogens is 1. The predicted molar refractivity (Wildman–Crippen MR) is 89.9 cm³/mol. The van der Waals surface area contributed by atoms with E-state index in [1.54, 1.807) is 0 Å². The Morgan fingerprint density at radius 2 is 1.87 bits per heavy atom. The standard InChI is InChI=1S/C18H19N3O2/c1-2-5-14(6-3-1)22-13-17-20-18-15(7-4-8-16(18)23-17)21-11-9-19-10-12-21/h1-8,19H,9-13H2. The van der Waals surface area contributed by atoms with Crippen molar-refractivity contribution in [2.24, 2.45) is 0 Å². The molecule has 0 bridgehead atoms. The molecule has 118 valence electrons. The number of ether oxygens (including phenoxy) is 1. The van der Waals surface area contributed by atoms with E-state index in [4.69, 9.17) is 9.15 Å². The van der Waals surface area contributed by atoms with E-state index in [2.05, 4.69) is 21.3 Å². The van der Waals surface area contributed by atoms with Crippen molar-refractivity contribution in [2.75, 3.05) is 31.1 Å². The Hall–Kier alpha value is -2.53. The molecule has 0 amide bonds. The van der Waals surface area contributed by atoms with Gasteiger partial charge >= 0.3 is 0 Å². The number of oxazole rings is 1. The summed E-state index contributed by atoms with van der Waals surface area (Å²) in [5, 5.41) is 3.37. The lowest BCUT2D eigenvalue weighted by Crippen LogP contribution is -2.43. The lowest BCUT2D eigenvalue weighted by Gasteiger charge is -2.29. The summed E-state index contributed by atoms with van der Waals surface area (Å²) in [5.41, 5.74) is 2.87. The Morgan fingerprint density at radius 1 is 1.04 bits per heavy atom. The third-order valence-electron chi connectivity index (χ3n) is 4.01. The van der Waals surface area contributed by atoms with Crippen LogP contribution in [0.2, 0.25) is 0 Å². The lowest BCUT2D eigenvalue weighted by atomic mass is 10.2. The van der Waals surface area contributed by atoms with Crippen LogP contribution in [0.3, 0.4) is 0 Å². The number of rotatable bonds is 4. The van der Waals surface area contributed by atoms with Gasteiger partial charge in [-0.1, -0.05) is 24.3 Å². The zero-order valence-electron chi connectivity index (χ0n) is 12.9. The molecule has 5 nitrogen and oxygen atoms in total. The Morgan fingerprint density at radius 3 is 2.70 bits per heavy atom. The van der Waals surface area contributed by atoms with Crippen molar-refractivity contribution >= 4 is 16.8 Å². The van der Waals surface area contributed by atoms with Gasteiger partial charge in [-0.2, -0.15) is 0 Å². The minimum Gasteiger partial charge on any atom is -0.484 e. The van der Waals surface area contributed by atoms with Gasteiger partial charge in [0, 0.05) is 26.2 Å². The predicted octanol–water partition coefficient (Wildman–Crippen LogP) is 2.82. The number of piperazine rings is 1. The first-order valence-corrected chi connectivity index (χ1v) is 7.92. The van der Waals surface area contributed by atoms with Gasteiger partial charge in [-0.15, -0.1) is 0 Å². The number of nitrogens with zero attached hydrogens (tertiary/aromatic N) is 2. The molecule has 0 atom stereocenters. The van der Waals surface area contributed by atoms with Crippen LogP contribution in [-0.4, -0.2) is 31.2 Å². The smallest absolute Gasteiger partial charge is 0.233 e. The molecule has 1 N–H and O–H groups in total. The number of anilines is 1. The van der Waals surface area contributed by atoms with E-state index in [9.17, 15) is 0 Å². The summed E-state index contributed by atoms with van der Waals surface area (Å²) in [6.45, 7) is 4.31. The molecule has 0 saturated carbocycles. The molecular formula is C18H19N3O2. The van der Waals surface area contributed by atoms with E-state index in [1.807, 2.05) is 42.5 Å². The lowest BCUT2D eigenvalue weighted by molar-refractivity contribution is 0.267. The molecule has 3 aromatic rings. The van der Waals surface area contributed by atoms with Gasteiger partial charge < -0.3 is 19.4 Å². The molecule has 2 aromatic carbocycles. The third kappa shape index (κ3) is 3.00. The largest absolute Gasteiger partial charge is 0.484 e. The highest BCUT2D eigenvalue weighted by molar-refractivity contribution is 5.87. The van der Waals surface area contributed by atoms with E-state index >= 15 is 0 Å². The summed E-state index contributed by atoms with van der Waals surface area (Å²) in [4.78, 5) is 7.00. The fourth-order valence-electron chi connectivity index (χ4n) is 2.86. The molecule has 1 aromatic heterocycles. The second-order valence-corrected chi connectivity index (χ2v) is 5.57. The Bertz CT molecular complexity index is 779. The van der Waals surface area contributed by atoms with Crippen molar-refractivity contribution < 1.29 is 9.15 Å². The van der Waals surface area contributed by atoms with Crippen LogP contribution in [0, 0.1) is 0 Å². The van der Waals surface area contributed by atoms with Crippen molar-refractivity contribution in [3.8, 4) is 5.75 Å². The summed E-state index contributed by atoms with van der Waals surface area (Å²) in [5.74, 6) is 1.42. The summed E-state index contributed by atoms with van der Waals surface area (Å²) in [6, 6.07) is 15.8. The van der Waals surface area contributed by atoms with E-state index in [0.717, 1.165) is 48.7 Å². The van der Waals surface area contributed by atoms with Crippen LogP contribution in [0.5, 0.6) is 5.75 Å². The maximum Gasteiger partial charge on any atom is 0.233 e. The maximum absolute atomic E-state index is 5.84.